The maximum atomic E-state index is 11.9. The smallest absolute Gasteiger partial charge is 0.235 e. The van der Waals surface area contributed by atoms with E-state index in [2.05, 4.69) is 37.5 Å². The van der Waals surface area contributed by atoms with Crippen LogP contribution in [0.2, 0.25) is 0 Å². The Morgan fingerprint density at radius 2 is 2.35 bits per heavy atom. The minimum absolute atomic E-state index is 0.0335. The summed E-state index contributed by atoms with van der Waals surface area (Å²) >= 11 is 4.66. The van der Waals surface area contributed by atoms with Gasteiger partial charge in [-0.3, -0.25) is 0 Å². The molecular formula is C8H13BrN4O2S2. The molecule has 17 heavy (non-hydrogen) atoms. The van der Waals surface area contributed by atoms with Crippen molar-refractivity contribution in [2.24, 2.45) is 7.05 Å². The number of aryl methyl sites for hydroxylation is 1. The first-order chi connectivity index (χ1) is 7.99. The number of hydrogen-bond donors (Lipinski definition) is 1. The number of rotatable bonds is 7. The lowest BCUT2D eigenvalue weighted by Gasteiger charge is -2.05. The molecule has 9 heteroatoms. The third-order valence-electron chi connectivity index (χ3n) is 1.77. The summed E-state index contributed by atoms with van der Waals surface area (Å²) in [6.07, 6.45) is 1.78. The van der Waals surface area contributed by atoms with Crippen molar-refractivity contribution in [3.8, 4) is 0 Å². The Balaban J connectivity index is 2.61. The van der Waals surface area contributed by atoms with E-state index in [4.69, 9.17) is 0 Å². The van der Waals surface area contributed by atoms with Crippen LogP contribution in [0.5, 0.6) is 0 Å². The fraction of sp³-hybridized carbons (Fsp3) is 0.500. The summed E-state index contributed by atoms with van der Waals surface area (Å²) in [5, 5.41) is 7.29. The summed E-state index contributed by atoms with van der Waals surface area (Å²) in [5.74, 6) is 1.49. The molecule has 0 amide bonds. The van der Waals surface area contributed by atoms with Crippen LogP contribution in [0.3, 0.4) is 0 Å². The van der Waals surface area contributed by atoms with Crippen LogP contribution in [0.25, 0.3) is 0 Å². The number of nitrogens with zero attached hydrogens (tertiary/aromatic N) is 3. The molecule has 0 radical (unpaired) electrons. The highest BCUT2D eigenvalue weighted by molar-refractivity contribution is 9.10. The van der Waals surface area contributed by atoms with Crippen LogP contribution in [0.4, 0.5) is 0 Å². The molecule has 0 saturated heterocycles. The maximum Gasteiger partial charge on any atom is 0.260 e. The number of sulfonamides is 1. The third kappa shape index (κ3) is 4.09. The number of thioether (sulfide) groups is 1. The first-order valence-corrected chi connectivity index (χ1v) is 8.15. The molecule has 0 aliphatic heterocycles. The van der Waals surface area contributed by atoms with Gasteiger partial charge >= 0.3 is 0 Å². The SMILES string of the molecule is C=CCSCCNS(=O)(=O)c1c(Br)nnn1C. The zero-order valence-electron chi connectivity index (χ0n) is 9.26. The van der Waals surface area contributed by atoms with Crippen LogP contribution >= 0.6 is 27.7 Å². The van der Waals surface area contributed by atoms with Gasteiger partial charge in [-0.25, -0.2) is 17.8 Å². The minimum atomic E-state index is -3.56. The van der Waals surface area contributed by atoms with Crippen LogP contribution in [0, 0.1) is 0 Å². The first kappa shape index (κ1) is 14.7. The second-order valence-corrected chi connectivity index (χ2v) is 6.65. The van der Waals surface area contributed by atoms with Gasteiger partial charge in [0.25, 0.3) is 10.0 Å². The van der Waals surface area contributed by atoms with Gasteiger partial charge < -0.3 is 0 Å². The predicted molar refractivity (Wildman–Crippen MR) is 71.4 cm³/mol. The van der Waals surface area contributed by atoms with Crippen LogP contribution in [0.1, 0.15) is 0 Å². The van der Waals surface area contributed by atoms with E-state index in [9.17, 15) is 8.42 Å². The van der Waals surface area contributed by atoms with E-state index in [1.807, 2.05) is 0 Å². The van der Waals surface area contributed by atoms with E-state index in [0.717, 1.165) is 5.75 Å². The van der Waals surface area contributed by atoms with Crippen LogP contribution < -0.4 is 4.72 Å². The average molecular weight is 341 g/mol. The van der Waals surface area contributed by atoms with E-state index < -0.39 is 10.0 Å². The molecule has 96 valence electrons. The second-order valence-electron chi connectivity index (χ2n) is 3.07. The number of hydrogen-bond acceptors (Lipinski definition) is 5. The van der Waals surface area contributed by atoms with Gasteiger partial charge in [-0.1, -0.05) is 11.3 Å². The highest BCUT2D eigenvalue weighted by atomic mass is 79.9. The van der Waals surface area contributed by atoms with Crippen molar-refractivity contribution in [3.63, 3.8) is 0 Å². The van der Waals surface area contributed by atoms with Gasteiger partial charge in [-0.2, -0.15) is 11.8 Å². The Morgan fingerprint density at radius 1 is 1.65 bits per heavy atom. The van der Waals surface area contributed by atoms with E-state index in [0.29, 0.717) is 12.3 Å². The van der Waals surface area contributed by atoms with Crippen molar-refractivity contribution in [2.45, 2.75) is 5.03 Å². The summed E-state index contributed by atoms with van der Waals surface area (Å²) in [4.78, 5) is 0. The zero-order valence-corrected chi connectivity index (χ0v) is 12.5. The molecule has 1 heterocycles. The Bertz CT molecular complexity index is 466. The molecule has 0 spiro atoms. The lowest BCUT2D eigenvalue weighted by Crippen LogP contribution is -2.28. The number of nitrogens with one attached hydrogen (secondary N) is 1. The van der Waals surface area contributed by atoms with Crippen molar-refractivity contribution in [1.82, 2.24) is 19.7 Å². The molecule has 0 bridgehead atoms. The minimum Gasteiger partial charge on any atom is -0.235 e. The molecule has 0 aliphatic carbocycles. The molecule has 0 aliphatic rings. The Labute approximate surface area is 113 Å². The number of aromatic nitrogens is 3. The van der Waals surface area contributed by atoms with Gasteiger partial charge in [0.2, 0.25) is 5.03 Å². The molecule has 1 rings (SSSR count). The van der Waals surface area contributed by atoms with Gasteiger partial charge in [0.15, 0.2) is 4.60 Å². The van der Waals surface area contributed by atoms with E-state index in [1.54, 1.807) is 17.8 Å². The molecule has 0 aromatic carbocycles. The highest BCUT2D eigenvalue weighted by Gasteiger charge is 2.22. The Kier molecular flexibility index (Phi) is 5.63. The molecule has 6 nitrogen and oxygen atoms in total. The van der Waals surface area contributed by atoms with Crippen LogP contribution in [0.15, 0.2) is 22.3 Å². The average Bonchev–Trinajstić information content (AvgIpc) is 2.58. The van der Waals surface area contributed by atoms with Crippen molar-refractivity contribution < 1.29 is 8.42 Å². The summed E-state index contributed by atoms with van der Waals surface area (Å²) in [6.45, 7) is 3.94. The molecule has 1 aromatic heterocycles. The quantitative estimate of drug-likeness (QED) is 0.586. The standard InChI is InChI=1S/C8H13BrN4O2S2/c1-3-5-16-6-4-10-17(14,15)8-7(9)11-12-13(8)2/h3,10H,1,4-6H2,2H3. The van der Waals surface area contributed by atoms with Crippen molar-refractivity contribution in [2.75, 3.05) is 18.1 Å². The largest absolute Gasteiger partial charge is 0.260 e. The molecule has 1 aromatic rings. The first-order valence-electron chi connectivity index (χ1n) is 4.72. The van der Waals surface area contributed by atoms with Crippen molar-refractivity contribution >= 4 is 37.7 Å². The molecular weight excluding hydrogens is 328 g/mol. The summed E-state index contributed by atoms with van der Waals surface area (Å²) in [7, 11) is -2.04. The zero-order chi connectivity index (χ0) is 12.9. The van der Waals surface area contributed by atoms with Gasteiger partial charge in [0.05, 0.1) is 0 Å². The van der Waals surface area contributed by atoms with Crippen LogP contribution in [-0.4, -0.2) is 41.5 Å². The lowest BCUT2D eigenvalue weighted by atomic mass is 10.8. The molecule has 0 saturated carbocycles. The molecule has 1 N–H and O–H groups in total. The lowest BCUT2D eigenvalue weighted by molar-refractivity contribution is 0.562. The van der Waals surface area contributed by atoms with E-state index >= 15 is 0 Å². The van der Waals surface area contributed by atoms with Gasteiger partial charge in [0, 0.05) is 25.1 Å². The van der Waals surface area contributed by atoms with Crippen LogP contribution in [-0.2, 0) is 17.1 Å². The van der Waals surface area contributed by atoms with Crippen molar-refractivity contribution in [1.29, 1.82) is 0 Å². The Morgan fingerprint density at radius 3 is 2.88 bits per heavy atom. The van der Waals surface area contributed by atoms with Crippen molar-refractivity contribution in [3.05, 3.63) is 17.3 Å². The Hall–Kier alpha value is -0.380. The molecule has 0 fully saturated rings. The van der Waals surface area contributed by atoms with Gasteiger partial charge in [0.1, 0.15) is 0 Å². The normalized spacial score (nSPS) is 11.6. The second kappa shape index (κ2) is 6.53. The highest BCUT2D eigenvalue weighted by Crippen LogP contribution is 2.17. The van der Waals surface area contributed by atoms with Gasteiger partial charge in [-0.15, -0.1) is 11.7 Å². The third-order valence-corrected chi connectivity index (χ3v) is 5.08. The topological polar surface area (TPSA) is 76.9 Å². The van der Waals surface area contributed by atoms with E-state index in [1.165, 1.54) is 11.7 Å². The maximum absolute atomic E-state index is 11.9. The summed E-state index contributed by atoms with van der Waals surface area (Å²) in [5.41, 5.74) is 0. The monoisotopic (exact) mass is 340 g/mol. The summed E-state index contributed by atoms with van der Waals surface area (Å²) in [6, 6.07) is 0. The fourth-order valence-electron chi connectivity index (χ4n) is 1.09. The summed E-state index contributed by atoms with van der Waals surface area (Å²) < 4.78 is 27.7. The molecule has 0 atom stereocenters. The number of halogens is 1. The predicted octanol–water partition coefficient (Wildman–Crippen LogP) is 0.775. The van der Waals surface area contributed by atoms with Gasteiger partial charge in [-0.05, 0) is 15.9 Å². The molecule has 0 unspecified atom stereocenters. The fourth-order valence-corrected chi connectivity index (χ4v) is 3.92. The van der Waals surface area contributed by atoms with E-state index in [-0.39, 0.29) is 9.63 Å².